The summed E-state index contributed by atoms with van der Waals surface area (Å²) in [5.74, 6) is 0. The molecule has 1 atom stereocenters. The molecule has 0 saturated carbocycles. The van der Waals surface area contributed by atoms with E-state index in [1.807, 2.05) is 25.2 Å². The summed E-state index contributed by atoms with van der Waals surface area (Å²) >= 11 is 9.46. The largest absolute Gasteiger partial charge is 0.313 e. The van der Waals surface area contributed by atoms with Gasteiger partial charge in [-0.1, -0.05) is 23.7 Å². The Morgan fingerprint density at radius 1 is 1.50 bits per heavy atom. The van der Waals surface area contributed by atoms with Gasteiger partial charge in [-0.3, -0.25) is 0 Å². The summed E-state index contributed by atoms with van der Waals surface area (Å²) in [6, 6.07) is 6.23. The summed E-state index contributed by atoms with van der Waals surface area (Å²) in [5, 5.41) is 3.94. The molecule has 0 fully saturated rings. The number of benzene rings is 1. The summed E-state index contributed by atoms with van der Waals surface area (Å²) in [6.45, 7) is 2.08. The summed E-state index contributed by atoms with van der Waals surface area (Å²) in [4.78, 5) is 0. The number of nitrogens with one attached hydrogen (secondary N) is 1. The molecule has 0 aliphatic heterocycles. The summed E-state index contributed by atoms with van der Waals surface area (Å²) in [7, 11) is 1.92. The molecule has 0 heterocycles. The van der Waals surface area contributed by atoms with Gasteiger partial charge in [-0.15, -0.1) is 0 Å². The van der Waals surface area contributed by atoms with E-state index in [0.717, 1.165) is 15.1 Å². The van der Waals surface area contributed by atoms with Gasteiger partial charge in [-0.2, -0.15) is 0 Å². The number of halogens is 2. The third-order valence-electron chi connectivity index (χ3n) is 1.88. The Labute approximate surface area is 86.2 Å². The Balaban J connectivity index is 3.07. The van der Waals surface area contributed by atoms with E-state index >= 15 is 0 Å². The zero-order valence-electron chi connectivity index (χ0n) is 7.07. The molecule has 66 valence electrons. The number of rotatable bonds is 2. The first-order valence-electron chi connectivity index (χ1n) is 3.78. The van der Waals surface area contributed by atoms with Gasteiger partial charge >= 0.3 is 0 Å². The van der Waals surface area contributed by atoms with Gasteiger partial charge in [0.1, 0.15) is 0 Å². The van der Waals surface area contributed by atoms with Crippen LogP contribution in [-0.4, -0.2) is 7.05 Å². The van der Waals surface area contributed by atoms with Crippen LogP contribution in [0.5, 0.6) is 0 Å². The molecule has 0 aliphatic rings. The van der Waals surface area contributed by atoms with Crippen molar-refractivity contribution in [2.75, 3.05) is 7.05 Å². The zero-order valence-corrected chi connectivity index (χ0v) is 9.41. The Morgan fingerprint density at radius 3 is 2.75 bits per heavy atom. The second-order valence-corrected chi connectivity index (χ2v) is 3.89. The molecule has 0 aromatic heterocycles. The topological polar surface area (TPSA) is 12.0 Å². The van der Waals surface area contributed by atoms with Crippen LogP contribution < -0.4 is 5.32 Å². The molecule has 12 heavy (non-hydrogen) atoms. The molecule has 1 nitrogen and oxygen atoms in total. The van der Waals surface area contributed by atoms with Crippen molar-refractivity contribution in [2.24, 2.45) is 0 Å². The predicted octanol–water partition coefficient (Wildman–Crippen LogP) is 3.38. The third-order valence-corrected chi connectivity index (χ3v) is 3.19. The number of hydrogen-bond acceptors (Lipinski definition) is 1. The highest BCUT2D eigenvalue weighted by Gasteiger charge is 2.08. The highest BCUT2D eigenvalue weighted by atomic mass is 79.9. The Hall–Kier alpha value is -0.0500. The molecular formula is C9H11BrClN. The minimum Gasteiger partial charge on any atom is -0.313 e. The predicted molar refractivity (Wildman–Crippen MR) is 56.6 cm³/mol. The summed E-state index contributed by atoms with van der Waals surface area (Å²) in [6.07, 6.45) is 0. The lowest BCUT2D eigenvalue weighted by Gasteiger charge is -2.12. The maximum Gasteiger partial charge on any atom is 0.0595 e. The average molecular weight is 249 g/mol. The van der Waals surface area contributed by atoms with Crippen LogP contribution in [-0.2, 0) is 0 Å². The first-order chi connectivity index (χ1) is 5.66. The van der Waals surface area contributed by atoms with E-state index < -0.39 is 0 Å². The van der Waals surface area contributed by atoms with E-state index in [4.69, 9.17) is 11.6 Å². The van der Waals surface area contributed by atoms with Crippen molar-refractivity contribution >= 4 is 27.5 Å². The first-order valence-corrected chi connectivity index (χ1v) is 4.95. The van der Waals surface area contributed by atoms with Crippen LogP contribution in [0.2, 0.25) is 5.02 Å². The Kier molecular flexibility index (Phi) is 3.56. The van der Waals surface area contributed by atoms with E-state index in [1.54, 1.807) is 0 Å². The maximum atomic E-state index is 6.08. The second-order valence-electron chi connectivity index (χ2n) is 2.65. The lowest BCUT2D eigenvalue weighted by atomic mass is 10.1. The highest BCUT2D eigenvalue weighted by Crippen LogP contribution is 2.29. The second kappa shape index (κ2) is 4.26. The highest BCUT2D eigenvalue weighted by molar-refractivity contribution is 9.10. The van der Waals surface area contributed by atoms with Gasteiger partial charge in [-0.05, 0) is 41.5 Å². The van der Waals surface area contributed by atoms with Crippen LogP contribution in [0.3, 0.4) is 0 Å². The molecule has 0 bridgehead atoms. The SMILES string of the molecule is CNC(C)c1cccc(Br)c1Cl. The maximum absolute atomic E-state index is 6.08. The third kappa shape index (κ3) is 2.00. The van der Waals surface area contributed by atoms with Crippen LogP contribution >= 0.6 is 27.5 Å². The van der Waals surface area contributed by atoms with Crippen LogP contribution in [0.1, 0.15) is 18.5 Å². The van der Waals surface area contributed by atoms with E-state index in [2.05, 4.69) is 28.2 Å². The standard InChI is InChI=1S/C9H11BrClN/c1-6(12-2)7-4-3-5-8(10)9(7)11/h3-6,12H,1-2H3. The van der Waals surface area contributed by atoms with Crippen molar-refractivity contribution in [1.29, 1.82) is 0 Å². The Morgan fingerprint density at radius 2 is 2.17 bits per heavy atom. The first kappa shape index (κ1) is 10.0. The van der Waals surface area contributed by atoms with E-state index in [-0.39, 0.29) is 6.04 Å². The molecule has 3 heteroatoms. The monoisotopic (exact) mass is 247 g/mol. The normalized spacial score (nSPS) is 13.0. The minimum absolute atomic E-state index is 0.287. The quantitative estimate of drug-likeness (QED) is 0.846. The van der Waals surface area contributed by atoms with Crippen molar-refractivity contribution in [3.8, 4) is 0 Å². The molecule has 1 unspecified atom stereocenters. The molecule has 0 saturated heterocycles. The average Bonchev–Trinajstić information content (AvgIpc) is 2.08. The van der Waals surface area contributed by atoms with Crippen molar-refractivity contribution < 1.29 is 0 Å². The number of hydrogen-bond donors (Lipinski definition) is 1. The molecule has 0 amide bonds. The summed E-state index contributed by atoms with van der Waals surface area (Å²) < 4.78 is 0.948. The van der Waals surface area contributed by atoms with E-state index in [1.165, 1.54) is 0 Å². The van der Waals surface area contributed by atoms with Crippen molar-refractivity contribution in [1.82, 2.24) is 5.32 Å². The zero-order chi connectivity index (χ0) is 9.14. The molecule has 1 aromatic carbocycles. The lowest BCUT2D eigenvalue weighted by molar-refractivity contribution is 0.652. The lowest BCUT2D eigenvalue weighted by Crippen LogP contribution is -2.12. The molecule has 0 aliphatic carbocycles. The van der Waals surface area contributed by atoms with Gasteiger partial charge in [-0.25, -0.2) is 0 Å². The van der Waals surface area contributed by atoms with Gasteiger partial charge in [0, 0.05) is 10.5 Å². The molecular weight excluding hydrogens is 237 g/mol. The molecule has 1 aromatic rings. The fraction of sp³-hybridized carbons (Fsp3) is 0.333. The molecule has 0 radical (unpaired) electrons. The van der Waals surface area contributed by atoms with Gasteiger partial charge in [0.2, 0.25) is 0 Å². The van der Waals surface area contributed by atoms with Crippen molar-refractivity contribution in [2.45, 2.75) is 13.0 Å². The van der Waals surface area contributed by atoms with E-state index in [9.17, 15) is 0 Å². The van der Waals surface area contributed by atoms with Crippen LogP contribution in [0.25, 0.3) is 0 Å². The van der Waals surface area contributed by atoms with Gasteiger partial charge in [0.05, 0.1) is 5.02 Å². The van der Waals surface area contributed by atoms with Gasteiger partial charge < -0.3 is 5.32 Å². The fourth-order valence-corrected chi connectivity index (χ4v) is 1.68. The smallest absolute Gasteiger partial charge is 0.0595 e. The van der Waals surface area contributed by atoms with E-state index in [0.29, 0.717) is 0 Å². The fourth-order valence-electron chi connectivity index (χ4n) is 1.01. The van der Waals surface area contributed by atoms with Crippen LogP contribution in [0.4, 0.5) is 0 Å². The molecule has 1 N–H and O–H groups in total. The Bertz CT molecular complexity index is 275. The van der Waals surface area contributed by atoms with Crippen molar-refractivity contribution in [3.05, 3.63) is 33.3 Å². The minimum atomic E-state index is 0.287. The molecule has 1 rings (SSSR count). The van der Waals surface area contributed by atoms with Crippen LogP contribution in [0.15, 0.2) is 22.7 Å². The van der Waals surface area contributed by atoms with Crippen LogP contribution in [0, 0.1) is 0 Å². The van der Waals surface area contributed by atoms with Crippen molar-refractivity contribution in [3.63, 3.8) is 0 Å². The van der Waals surface area contributed by atoms with Gasteiger partial charge in [0.25, 0.3) is 0 Å². The molecule has 0 spiro atoms. The summed E-state index contributed by atoms with van der Waals surface area (Å²) in [5.41, 5.74) is 1.12. The van der Waals surface area contributed by atoms with Gasteiger partial charge in [0.15, 0.2) is 0 Å².